The van der Waals surface area contributed by atoms with E-state index in [1.54, 1.807) is 12.1 Å². The molecule has 2 atom stereocenters. The Labute approximate surface area is 120 Å². The van der Waals surface area contributed by atoms with Crippen LogP contribution in [-0.2, 0) is 0 Å². The van der Waals surface area contributed by atoms with Gasteiger partial charge in [0.25, 0.3) is 5.91 Å². The van der Waals surface area contributed by atoms with Crippen molar-refractivity contribution in [2.45, 2.75) is 19.4 Å². The Morgan fingerprint density at radius 2 is 2.33 bits per heavy atom. The normalized spacial score (nSPS) is 23.7. The Morgan fingerprint density at radius 3 is 3.00 bits per heavy atom. The molecular formula is C13H16FIN2O. The Balaban J connectivity index is 2.12. The van der Waals surface area contributed by atoms with Gasteiger partial charge < -0.3 is 10.6 Å². The van der Waals surface area contributed by atoms with Crippen molar-refractivity contribution in [1.82, 2.24) is 10.6 Å². The highest BCUT2D eigenvalue weighted by atomic mass is 127. The fourth-order valence-electron chi connectivity index (χ4n) is 2.14. The van der Waals surface area contributed by atoms with Crippen molar-refractivity contribution >= 4 is 28.5 Å². The molecule has 1 saturated heterocycles. The molecule has 5 heteroatoms. The number of amides is 1. The van der Waals surface area contributed by atoms with E-state index in [9.17, 15) is 9.18 Å². The molecule has 0 aromatic heterocycles. The highest BCUT2D eigenvalue weighted by Crippen LogP contribution is 2.17. The summed E-state index contributed by atoms with van der Waals surface area (Å²) in [4.78, 5) is 12.1. The summed E-state index contributed by atoms with van der Waals surface area (Å²) in [5.74, 6) is -0.367. The molecule has 1 aliphatic rings. The summed E-state index contributed by atoms with van der Waals surface area (Å²) in [6.07, 6.45) is 1.03. The molecule has 1 aliphatic heterocycles. The van der Waals surface area contributed by atoms with E-state index in [1.807, 2.05) is 22.6 Å². The first kappa shape index (κ1) is 13.7. The van der Waals surface area contributed by atoms with E-state index in [0.717, 1.165) is 19.5 Å². The van der Waals surface area contributed by atoms with Crippen molar-refractivity contribution < 1.29 is 9.18 Å². The molecule has 0 spiro atoms. The van der Waals surface area contributed by atoms with Crippen LogP contribution in [0.5, 0.6) is 0 Å². The van der Waals surface area contributed by atoms with E-state index in [1.165, 1.54) is 6.07 Å². The van der Waals surface area contributed by atoms with E-state index < -0.39 is 5.82 Å². The molecule has 0 bridgehead atoms. The van der Waals surface area contributed by atoms with Gasteiger partial charge in [0.05, 0.1) is 5.56 Å². The molecule has 2 N–H and O–H groups in total. The van der Waals surface area contributed by atoms with Gasteiger partial charge in [-0.25, -0.2) is 4.39 Å². The van der Waals surface area contributed by atoms with E-state index in [2.05, 4.69) is 17.6 Å². The third kappa shape index (κ3) is 3.00. The van der Waals surface area contributed by atoms with Crippen LogP contribution in [-0.4, -0.2) is 25.0 Å². The first-order valence-electron chi connectivity index (χ1n) is 6.05. The number of hydrogen-bond donors (Lipinski definition) is 2. The maximum Gasteiger partial charge on any atom is 0.255 e. The summed E-state index contributed by atoms with van der Waals surface area (Å²) in [5.41, 5.74) is 0.149. The predicted molar refractivity (Wildman–Crippen MR) is 77.0 cm³/mol. The highest BCUT2D eigenvalue weighted by Gasteiger charge is 2.25. The number of carbonyl (C=O) groups excluding carboxylic acids is 1. The Morgan fingerprint density at radius 1 is 1.56 bits per heavy atom. The van der Waals surface area contributed by atoms with Crippen LogP contribution in [0.25, 0.3) is 0 Å². The van der Waals surface area contributed by atoms with Gasteiger partial charge in [0, 0.05) is 16.2 Å². The van der Waals surface area contributed by atoms with Crippen molar-refractivity contribution in [2.75, 3.05) is 13.1 Å². The van der Waals surface area contributed by atoms with Gasteiger partial charge >= 0.3 is 0 Å². The van der Waals surface area contributed by atoms with E-state index in [0.29, 0.717) is 9.49 Å². The summed E-state index contributed by atoms with van der Waals surface area (Å²) < 4.78 is 14.3. The van der Waals surface area contributed by atoms with Gasteiger partial charge in [-0.1, -0.05) is 13.0 Å². The van der Waals surface area contributed by atoms with E-state index >= 15 is 0 Å². The molecule has 1 amide bonds. The monoisotopic (exact) mass is 362 g/mol. The lowest BCUT2D eigenvalue weighted by molar-refractivity contribution is 0.0910. The van der Waals surface area contributed by atoms with Gasteiger partial charge in [0.2, 0.25) is 0 Å². The van der Waals surface area contributed by atoms with Crippen LogP contribution in [0.15, 0.2) is 18.2 Å². The number of carbonyl (C=O) groups is 1. The minimum Gasteiger partial charge on any atom is -0.348 e. The molecular weight excluding hydrogens is 346 g/mol. The zero-order chi connectivity index (χ0) is 13.1. The Hall–Kier alpha value is -0.690. The minimum absolute atomic E-state index is 0.0710. The second kappa shape index (κ2) is 5.97. The van der Waals surface area contributed by atoms with Crippen LogP contribution in [0.1, 0.15) is 23.7 Å². The zero-order valence-corrected chi connectivity index (χ0v) is 12.3. The number of piperidine rings is 1. The first-order valence-corrected chi connectivity index (χ1v) is 7.13. The Kier molecular flexibility index (Phi) is 4.55. The molecule has 0 aliphatic carbocycles. The maximum absolute atomic E-state index is 13.7. The third-order valence-corrected chi connectivity index (χ3v) is 4.23. The number of hydrogen-bond acceptors (Lipinski definition) is 2. The average Bonchev–Trinajstić information content (AvgIpc) is 2.32. The fourth-order valence-corrected chi connectivity index (χ4v) is 2.85. The third-order valence-electron chi connectivity index (χ3n) is 3.33. The molecule has 98 valence electrons. The van der Waals surface area contributed by atoms with Crippen LogP contribution >= 0.6 is 22.6 Å². The first-order chi connectivity index (χ1) is 8.59. The standard InChI is InChI=1S/C13H16FIN2O/c1-8-5-6-16-7-11(8)17-13(18)12-9(14)3-2-4-10(12)15/h2-4,8,11,16H,5-7H2,1H3,(H,17,18). The molecule has 2 unspecified atom stereocenters. The van der Waals surface area contributed by atoms with Crippen LogP contribution < -0.4 is 10.6 Å². The topological polar surface area (TPSA) is 41.1 Å². The van der Waals surface area contributed by atoms with Crippen LogP contribution in [0.4, 0.5) is 4.39 Å². The SMILES string of the molecule is CC1CCNCC1NC(=O)c1c(F)cccc1I. The van der Waals surface area contributed by atoms with Crippen molar-refractivity contribution in [3.05, 3.63) is 33.1 Å². The summed E-state index contributed by atoms with van der Waals surface area (Å²) in [7, 11) is 0. The minimum atomic E-state index is -0.462. The van der Waals surface area contributed by atoms with Gasteiger partial charge in [-0.15, -0.1) is 0 Å². The molecule has 0 saturated carbocycles. The predicted octanol–water partition coefficient (Wildman–Crippen LogP) is 2.16. The summed E-state index contributed by atoms with van der Waals surface area (Å²) in [6, 6.07) is 4.74. The molecule has 3 nitrogen and oxygen atoms in total. The number of nitrogens with one attached hydrogen (secondary N) is 2. The van der Waals surface area contributed by atoms with E-state index in [4.69, 9.17) is 0 Å². The van der Waals surface area contributed by atoms with Crippen LogP contribution in [0.3, 0.4) is 0 Å². The van der Waals surface area contributed by atoms with Crippen molar-refractivity contribution in [1.29, 1.82) is 0 Å². The molecule has 1 fully saturated rings. The molecule has 18 heavy (non-hydrogen) atoms. The van der Waals surface area contributed by atoms with Crippen molar-refractivity contribution in [3.63, 3.8) is 0 Å². The van der Waals surface area contributed by atoms with Gasteiger partial charge in [-0.05, 0) is 53.6 Å². The number of benzene rings is 1. The smallest absolute Gasteiger partial charge is 0.255 e. The number of rotatable bonds is 2. The molecule has 2 rings (SSSR count). The Bertz CT molecular complexity index is 432. The molecule has 1 heterocycles. The molecule has 1 aromatic carbocycles. The van der Waals surface area contributed by atoms with Gasteiger partial charge in [-0.3, -0.25) is 4.79 Å². The lowest BCUT2D eigenvalue weighted by Gasteiger charge is -2.30. The van der Waals surface area contributed by atoms with Crippen molar-refractivity contribution in [3.8, 4) is 0 Å². The van der Waals surface area contributed by atoms with E-state index in [-0.39, 0.29) is 17.5 Å². The number of halogens is 2. The average molecular weight is 362 g/mol. The van der Waals surface area contributed by atoms with Crippen LogP contribution in [0, 0.1) is 15.3 Å². The second-order valence-corrected chi connectivity index (χ2v) is 5.81. The summed E-state index contributed by atoms with van der Waals surface area (Å²) >= 11 is 1.98. The van der Waals surface area contributed by atoms with Crippen LogP contribution in [0.2, 0.25) is 0 Å². The van der Waals surface area contributed by atoms with Gasteiger partial charge in [0.15, 0.2) is 0 Å². The highest BCUT2D eigenvalue weighted by molar-refractivity contribution is 14.1. The van der Waals surface area contributed by atoms with Crippen molar-refractivity contribution in [2.24, 2.45) is 5.92 Å². The lowest BCUT2D eigenvalue weighted by Crippen LogP contribution is -2.50. The fraction of sp³-hybridized carbons (Fsp3) is 0.462. The summed E-state index contributed by atoms with van der Waals surface area (Å²) in [5, 5.41) is 6.16. The molecule has 0 radical (unpaired) electrons. The second-order valence-electron chi connectivity index (χ2n) is 4.65. The van der Waals surface area contributed by atoms with Gasteiger partial charge in [0.1, 0.15) is 5.82 Å². The zero-order valence-electron chi connectivity index (χ0n) is 10.2. The van der Waals surface area contributed by atoms with Gasteiger partial charge in [-0.2, -0.15) is 0 Å². The lowest BCUT2D eigenvalue weighted by atomic mass is 9.94. The largest absolute Gasteiger partial charge is 0.348 e. The maximum atomic E-state index is 13.7. The quantitative estimate of drug-likeness (QED) is 0.792. The molecule has 1 aromatic rings. The summed E-state index contributed by atoms with van der Waals surface area (Å²) in [6.45, 7) is 3.83.